The topological polar surface area (TPSA) is 40.6 Å². The van der Waals surface area contributed by atoms with Crippen molar-refractivity contribution in [1.29, 1.82) is 0 Å². The van der Waals surface area contributed by atoms with E-state index >= 15 is 0 Å². The van der Waals surface area contributed by atoms with E-state index in [1.165, 1.54) is 10.1 Å². The van der Waals surface area contributed by atoms with Crippen molar-refractivity contribution >= 4 is 44.8 Å². The Kier molecular flexibility index (Phi) is 6.45. The molecular weight excluding hydrogens is 352 g/mol. The second-order valence-electron chi connectivity index (χ2n) is 6.48. The van der Waals surface area contributed by atoms with Crippen molar-refractivity contribution in [2.45, 2.75) is 26.4 Å². The minimum Gasteiger partial charge on any atom is -0.379 e. The highest BCUT2D eigenvalue weighted by Gasteiger charge is 2.21. The van der Waals surface area contributed by atoms with E-state index in [4.69, 9.17) is 17.0 Å². The van der Waals surface area contributed by atoms with Gasteiger partial charge in [-0.2, -0.15) is 4.37 Å². The molecule has 1 aliphatic heterocycles. The number of piperazine rings is 1. The number of aromatic nitrogens is 1. The lowest BCUT2D eigenvalue weighted by Gasteiger charge is -2.36. The predicted octanol–water partition coefficient (Wildman–Crippen LogP) is 3.11. The van der Waals surface area contributed by atoms with Gasteiger partial charge in [0.25, 0.3) is 0 Å². The zero-order valence-corrected chi connectivity index (χ0v) is 16.5. The number of nitrogens with zero attached hydrogens (tertiary/aromatic N) is 3. The second-order valence-corrected chi connectivity index (χ2v) is 7.67. The second kappa shape index (κ2) is 8.78. The van der Waals surface area contributed by atoms with Crippen molar-refractivity contribution in [1.82, 2.24) is 14.6 Å². The monoisotopic (exact) mass is 378 g/mol. The van der Waals surface area contributed by atoms with E-state index in [0.29, 0.717) is 6.10 Å². The number of thiocarbonyl (C=S) groups is 1. The molecule has 0 unspecified atom stereocenters. The van der Waals surface area contributed by atoms with E-state index in [9.17, 15) is 0 Å². The van der Waals surface area contributed by atoms with Crippen LogP contribution < -0.4 is 10.2 Å². The number of fused-ring (bicyclic) bond motifs is 1. The van der Waals surface area contributed by atoms with E-state index in [1.54, 1.807) is 11.5 Å². The summed E-state index contributed by atoms with van der Waals surface area (Å²) in [6, 6.07) is 8.44. The number of benzene rings is 1. The van der Waals surface area contributed by atoms with Crippen LogP contribution in [0.5, 0.6) is 0 Å². The summed E-state index contributed by atoms with van der Waals surface area (Å²) in [5.74, 6) is 1.12. The first-order chi connectivity index (χ1) is 12.1. The minimum atomic E-state index is 0.293. The molecular formula is C18H26N4OS2. The summed E-state index contributed by atoms with van der Waals surface area (Å²) in [5.41, 5.74) is 0. The van der Waals surface area contributed by atoms with E-state index in [1.807, 2.05) is 0 Å². The molecule has 1 aromatic carbocycles. The summed E-state index contributed by atoms with van der Waals surface area (Å²) in [6.45, 7) is 9.52. The van der Waals surface area contributed by atoms with Gasteiger partial charge >= 0.3 is 0 Å². The zero-order valence-electron chi connectivity index (χ0n) is 14.9. The van der Waals surface area contributed by atoms with Gasteiger partial charge < -0.3 is 19.9 Å². The summed E-state index contributed by atoms with van der Waals surface area (Å²) < 4.78 is 11.5. The van der Waals surface area contributed by atoms with E-state index in [0.717, 1.165) is 56.7 Å². The molecule has 2 aromatic rings. The van der Waals surface area contributed by atoms with Crippen molar-refractivity contribution < 1.29 is 4.74 Å². The maximum atomic E-state index is 5.55. The van der Waals surface area contributed by atoms with Gasteiger partial charge in [0.2, 0.25) is 0 Å². The maximum Gasteiger partial charge on any atom is 0.169 e. The molecule has 0 spiro atoms. The van der Waals surface area contributed by atoms with Gasteiger partial charge in [-0.15, -0.1) is 0 Å². The molecule has 3 rings (SSSR count). The van der Waals surface area contributed by atoms with Crippen molar-refractivity contribution in [2.75, 3.05) is 44.2 Å². The number of nitrogens with one attached hydrogen (secondary N) is 1. The van der Waals surface area contributed by atoms with Crippen molar-refractivity contribution in [3.05, 3.63) is 24.3 Å². The molecule has 0 amide bonds. The van der Waals surface area contributed by atoms with Crippen LogP contribution in [0.2, 0.25) is 0 Å². The molecule has 0 saturated carbocycles. The molecule has 1 fully saturated rings. The van der Waals surface area contributed by atoms with Gasteiger partial charge in [-0.25, -0.2) is 0 Å². The smallest absolute Gasteiger partial charge is 0.169 e. The van der Waals surface area contributed by atoms with E-state index in [-0.39, 0.29) is 0 Å². The fraction of sp³-hybridized carbons (Fsp3) is 0.556. The van der Waals surface area contributed by atoms with E-state index < -0.39 is 0 Å². The molecule has 1 aromatic heterocycles. The molecule has 1 N–H and O–H groups in total. The Morgan fingerprint density at radius 1 is 1.28 bits per heavy atom. The maximum absolute atomic E-state index is 5.55. The third-order valence-corrected chi connectivity index (χ3v) is 5.49. The van der Waals surface area contributed by atoms with Crippen LogP contribution in [0, 0.1) is 0 Å². The van der Waals surface area contributed by atoms with Crippen LogP contribution in [-0.4, -0.2) is 59.8 Å². The fourth-order valence-corrected chi connectivity index (χ4v) is 4.00. The Morgan fingerprint density at radius 3 is 2.80 bits per heavy atom. The average Bonchev–Trinajstić information content (AvgIpc) is 3.05. The first kappa shape index (κ1) is 18.4. The quantitative estimate of drug-likeness (QED) is 0.615. The molecule has 1 aliphatic rings. The van der Waals surface area contributed by atoms with Gasteiger partial charge in [-0.3, -0.25) is 0 Å². The number of ether oxygens (including phenoxy) is 1. The van der Waals surface area contributed by atoms with Crippen LogP contribution in [0.1, 0.15) is 20.3 Å². The molecule has 25 heavy (non-hydrogen) atoms. The zero-order chi connectivity index (χ0) is 17.6. The summed E-state index contributed by atoms with van der Waals surface area (Å²) >= 11 is 7.11. The number of hydrogen-bond acceptors (Lipinski definition) is 5. The lowest BCUT2D eigenvalue weighted by molar-refractivity contribution is 0.0776. The number of hydrogen-bond donors (Lipinski definition) is 1. The molecule has 2 heterocycles. The summed E-state index contributed by atoms with van der Waals surface area (Å²) in [7, 11) is 0. The van der Waals surface area contributed by atoms with Crippen LogP contribution in [0.3, 0.4) is 0 Å². The molecule has 0 aliphatic carbocycles. The summed E-state index contributed by atoms with van der Waals surface area (Å²) in [4.78, 5) is 4.62. The lowest BCUT2D eigenvalue weighted by Crippen LogP contribution is -2.52. The van der Waals surface area contributed by atoms with Gasteiger partial charge in [0, 0.05) is 44.7 Å². The Bertz CT molecular complexity index is 695. The first-order valence-corrected chi connectivity index (χ1v) is 10.1. The molecule has 0 bridgehead atoms. The Morgan fingerprint density at radius 2 is 2.04 bits per heavy atom. The van der Waals surface area contributed by atoms with Gasteiger partial charge in [0.15, 0.2) is 5.11 Å². The summed E-state index contributed by atoms with van der Waals surface area (Å²) in [6.07, 6.45) is 1.27. The average molecular weight is 379 g/mol. The highest BCUT2D eigenvalue weighted by atomic mass is 32.1. The van der Waals surface area contributed by atoms with Gasteiger partial charge in [-0.1, -0.05) is 12.1 Å². The predicted molar refractivity (Wildman–Crippen MR) is 110 cm³/mol. The molecule has 5 nitrogen and oxygen atoms in total. The van der Waals surface area contributed by atoms with Gasteiger partial charge in [0.05, 0.1) is 10.8 Å². The first-order valence-electron chi connectivity index (χ1n) is 8.89. The highest BCUT2D eigenvalue weighted by Crippen LogP contribution is 2.29. The van der Waals surface area contributed by atoms with E-state index in [2.05, 4.69) is 57.6 Å². The molecule has 0 radical (unpaired) electrons. The SMILES string of the molecule is CC(C)OCCCNC(=S)N1CCN(c2nsc3ccccc23)CC1. The van der Waals surface area contributed by atoms with Gasteiger partial charge in [0.1, 0.15) is 5.82 Å². The minimum absolute atomic E-state index is 0.293. The normalized spacial score (nSPS) is 15.2. The number of rotatable bonds is 6. The molecule has 0 atom stereocenters. The molecule has 136 valence electrons. The lowest BCUT2D eigenvalue weighted by atomic mass is 10.2. The molecule has 1 saturated heterocycles. The highest BCUT2D eigenvalue weighted by molar-refractivity contribution is 7.80. The van der Waals surface area contributed by atoms with Gasteiger partial charge in [-0.05, 0) is 56.2 Å². The largest absolute Gasteiger partial charge is 0.379 e. The Balaban J connectivity index is 1.44. The third-order valence-electron chi connectivity index (χ3n) is 4.27. The molecule has 7 heteroatoms. The standard InChI is InChI=1S/C18H26N4OS2/c1-14(2)23-13-5-8-19-18(24)22-11-9-21(10-12-22)17-15-6-3-4-7-16(15)25-20-17/h3-4,6-7,14H,5,8-13H2,1-2H3,(H,19,24). The van der Waals surface area contributed by atoms with Crippen molar-refractivity contribution in [3.63, 3.8) is 0 Å². The fourth-order valence-electron chi connectivity index (χ4n) is 2.92. The van der Waals surface area contributed by atoms with Crippen LogP contribution >= 0.6 is 23.8 Å². The van der Waals surface area contributed by atoms with Crippen molar-refractivity contribution in [2.24, 2.45) is 0 Å². The van der Waals surface area contributed by atoms with Crippen molar-refractivity contribution in [3.8, 4) is 0 Å². The van der Waals surface area contributed by atoms with Crippen LogP contribution in [0.25, 0.3) is 10.1 Å². The van der Waals surface area contributed by atoms with Crippen LogP contribution in [0.4, 0.5) is 5.82 Å². The number of anilines is 1. The van der Waals surface area contributed by atoms with Crippen LogP contribution in [0.15, 0.2) is 24.3 Å². The van der Waals surface area contributed by atoms with Crippen LogP contribution in [-0.2, 0) is 4.74 Å². The Labute approximate surface area is 159 Å². The Hall–Kier alpha value is -1.44. The summed E-state index contributed by atoms with van der Waals surface area (Å²) in [5, 5.41) is 5.46. The third kappa shape index (κ3) is 4.80.